The highest BCUT2D eigenvalue weighted by molar-refractivity contribution is 5.94. The van der Waals surface area contributed by atoms with Crippen LogP contribution in [0.25, 0.3) is 0 Å². The van der Waals surface area contributed by atoms with Crippen molar-refractivity contribution in [3.63, 3.8) is 0 Å². The Labute approximate surface area is 98.4 Å². The van der Waals surface area contributed by atoms with E-state index in [0.29, 0.717) is 24.3 Å². The van der Waals surface area contributed by atoms with Gasteiger partial charge in [-0.2, -0.15) is 0 Å². The third kappa shape index (κ3) is 2.38. The van der Waals surface area contributed by atoms with Gasteiger partial charge < -0.3 is 15.2 Å². The van der Waals surface area contributed by atoms with E-state index in [1.54, 1.807) is 18.2 Å². The molecule has 2 rings (SSSR count). The van der Waals surface area contributed by atoms with Gasteiger partial charge in [-0.05, 0) is 25.5 Å². The first-order valence-electron chi connectivity index (χ1n) is 5.39. The Morgan fingerprint density at radius 3 is 2.94 bits per heavy atom. The summed E-state index contributed by atoms with van der Waals surface area (Å²) in [5.41, 5.74) is 1.57. The first kappa shape index (κ1) is 11.4. The molecule has 0 aromatic heterocycles. The molecule has 0 saturated heterocycles. The van der Waals surface area contributed by atoms with E-state index >= 15 is 0 Å². The lowest BCUT2D eigenvalue weighted by atomic mass is 10.0. The molecule has 0 aliphatic carbocycles. The Balaban J connectivity index is 2.27. The maximum Gasteiger partial charge on any atom is 0.344 e. The lowest BCUT2D eigenvalue weighted by molar-refractivity contribution is -0.144. The van der Waals surface area contributed by atoms with Crippen LogP contribution in [0.15, 0.2) is 18.2 Å². The van der Waals surface area contributed by atoms with Gasteiger partial charge in [-0.25, -0.2) is 4.79 Å². The number of carbonyl (C=O) groups is 2. The van der Waals surface area contributed by atoms with Crippen LogP contribution in [-0.4, -0.2) is 23.1 Å². The average molecular weight is 235 g/mol. The zero-order chi connectivity index (χ0) is 12.4. The Morgan fingerprint density at radius 2 is 2.24 bits per heavy atom. The van der Waals surface area contributed by atoms with Crippen LogP contribution in [0, 0.1) is 0 Å². The fourth-order valence-electron chi connectivity index (χ4n) is 1.74. The molecule has 1 amide bonds. The molecule has 0 fully saturated rings. The summed E-state index contributed by atoms with van der Waals surface area (Å²) in [5.74, 6) is -0.513. The first-order valence-corrected chi connectivity index (χ1v) is 5.39. The van der Waals surface area contributed by atoms with Gasteiger partial charge in [-0.15, -0.1) is 0 Å². The van der Waals surface area contributed by atoms with Gasteiger partial charge in [0.05, 0.1) is 0 Å². The molecule has 1 aliphatic heterocycles. The number of rotatable bonds is 3. The predicted molar refractivity (Wildman–Crippen MR) is 61.1 cm³/mol. The second-order valence-corrected chi connectivity index (χ2v) is 3.93. The van der Waals surface area contributed by atoms with Crippen molar-refractivity contribution in [1.82, 2.24) is 0 Å². The highest BCUT2D eigenvalue weighted by Crippen LogP contribution is 2.31. The first-order chi connectivity index (χ1) is 8.08. The number of amides is 1. The topological polar surface area (TPSA) is 75.6 Å². The maximum atomic E-state index is 11.2. The number of carbonyl (C=O) groups excluding carboxylic acids is 1. The molecule has 1 aromatic rings. The van der Waals surface area contributed by atoms with E-state index in [4.69, 9.17) is 9.84 Å². The van der Waals surface area contributed by atoms with Gasteiger partial charge in [-0.1, -0.05) is 6.07 Å². The normalized spacial score (nSPS) is 15.7. The quantitative estimate of drug-likeness (QED) is 0.830. The minimum Gasteiger partial charge on any atom is -0.479 e. The van der Waals surface area contributed by atoms with Gasteiger partial charge in [0, 0.05) is 17.7 Å². The Kier molecular flexibility index (Phi) is 2.99. The molecule has 1 aliphatic rings. The van der Waals surface area contributed by atoms with Crippen LogP contribution in [-0.2, 0) is 16.0 Å². The number of hydrogen-bond acceptors (Lipinski definition) is 3. The lowest BCUT2D eigenvalue weighted by Crippen LogP contribution is -2.25. The van der Waals surface area contributed by atoms with Crippen molar-refractivity contribution >= 4 is 17.6 Å². The number of anilines is 1. The Morgan fingerprint density at radius 1 is 1.47 bits per heavy atom. The van der Waals surface area contributed by atoms with Crippen molar-refractivity contribution in [2.45, 2.75) is 25.9 Å². The van der Waals surface area contributed by atoms with Gasteiger partial charge >= 0.3 is 5.97 Å². The van der Waals surface area contributed by atoms with E-state index in [2.05, 4.69) is 5.32 Å². The molecule has 5 nitrogen and oxygen atoms in total. The summed E-state index contributed by atoms with van der Waals surface area (Å²) >= 11 is 0. The second kappa shape index (κ2) is 4.45. The van der Waals surface area contributed by atoms with Crippen molar-refractivity contribution in [3.8, 4) is 5.75 Å². The highest BCUT2D eigenvalue weighted by Gasteiger charge is 2.21. The van der Waals surface area contributed by atoms with Crippen LogP contribution in [0.4, 0.5) is 5.69 Å². The van der Waals surface area contributed by atoms with Gasteiger partial charge in [0.15, 0.2) is 6.10 Å². The zero-order valence-corrected chi connectivity index (χ0v) is 9.40. The lowest BCUT2D eigenvalue weighted by Gasteiger charge is -2.21. The number of hydrogen-bond donors (Lipinski definition) is 2. The molecule has 90 valence electrons. The fraction of sp³-hybridized carbons (Fsp3) is 0.333. The number of ether oxygens (including phenoxy) is 1. The molecule has 1 atom stereocenters. The maximum absolute atomic E-state index is 11.2. The summed E-state index contributed by atoms with van der Waals surface area (Å²) < 4.78 is 5.36. The molecule has 1 heterocycles. The Hall–Kier alpha value is -2.04. The Bertz CT molecular complexity index is 470. The molecule has 2 N–H and O–H groups in total. The van der Waals surface area contributed by atoms with E-state index in [1.165, 1.54) is 6.92 Å². The number of nitrogens with one attached hydrogen (secondary N) is 1. The van der Waals surface area contributed by atoms with Crippen LogP contribution in [0.2, 0.25) is 0 Å². The van der Waals surface area contributed by atoms with E-state index in [1.807, 2.05) is 0 Å². The third-order valence-corrected chi connectivity index (χ3v) is 2.66. The molecule has 0 radical (unpaired) electrons. The molecule has 0 spiro atoms. The highest BCUT2D eigenvalue weighted by atomic mass is 16.5. The summed E-state index contributed by atoms with van der Waals surface area (Å²) in [6.45, 7) is 1.48. The molecule has 0 saturated carbocycles. The third-order valence-electron chi connectivity index (χ3n) is 2.66. The van der Waals surface area contributed by atoms with Crippen molar-refractivity contribution in [3.05, 3.63) is 23.8 Å². The fourth-order valence-corrected chi connectivity index (χ4v) is 1.74. The molecule has 1 unspecified atom stereocenters. The number of carboxylic acid groups (broad SMARTS) is 1. The molecule has 17 heavy (non-hydrogen) atoms. The van der Waals surface area contributed by atoms with Crippen LogP contribution < -0.4 is 10.1 Å². The van der Waals surface area contributed by atoms with Gasteiger partial charge in [0.1, 0.15) is 5.75 Å². The van der Waals surface area contributed by atoms with Crippen molar-refractivity contribution in [2.24, 2.45) is 0 Å². The van der Waals surface area contributed by atoms with Crippen molar-refractivity contribution in [1.29, 1.82) is 0 Å². The molecule has 5 heteroatoms. The summed E-state index contributed by atoms with van der Waals surface area (Å²) in [7, 11) is 0. The molecule has 0 bridgehead atoms. The van der Waals surface area contributed by atoms with Crippen LogP contribution >= 0.6 is 0 Å². The predicted octanol–water partition coefficient (Wildman–Crippen LogP) is 1.42. The summed E-state index contributed by atoms with van der Waals surface area (Å²) in [4.78, 5) is 22.0. The summed E-state index contributed by atoms with van der Waals surface area (Å²) in [6.07, 6.45) is 0.0672. The van der Waals surface area contributed by atoms with E-state index in [-0.39, 0.29) is 5.91 Å². The van der Waals surface area contributed by atoms with E-state index in [9.17, 15) is 9.59 Å². The summed E-state index contributed by atoms with van der Waals surface area (Å²) in [6, 6.07) is 5.23. The van der Waals surface area contributed by atoms with Crippen LogP contribution in [0.3, 0.4) is 0 Å². The summed E-state index contributed by atoms with van der Waals surface area (Å²) in [5, 5.41) is 11.5. The van der Waals surface area contributed by atoms with Gasteiger partial charge in [-0.3, -0.25) is 4.79 Å². The molecular formula is C12H13NO4. The zero-order valence-electron chi connectivity index (χ0n) is 9.40. The van der Waals surface area contributed by atoms with E-state index < -0.39 is 12.1 Å². The average Bonchev–Trinajstić information content (AvgIpc) is 2.28. The van der Waals surface area contributed by atoms with Crippen molar-refractivity contribution < 1.29 is 19.4 Å². The monoisotopic (exact) mass is 235 g/mol. The largest absolute Gasteiger partial charge is 0.479 e. The number of benzene rings is 1. The van der Waals surface area contributed by atoms with Gasteiger partial charge in [0.25, 0.3) is 0 Å². The van der Waals surface area contributed by atoms with Crippen molar-refractivity contribution in [2.75, 3.05) is 5.32 Å². The number of fused-ring (bicyclic) bond motifs is 1. The number of aliphatic carboxylic acids is 1. The standard InChI is InChI=1S/C12H13NO4/c1-7(12(15)16)17-10-4-2-3-9-8(10)5-6-11(14)13-9/h2-4,7H,5-6H2,1H3,(H,13,14)(H,15,16). The second-order valence-electron chi connectivity index (χ2n) is 3.93. The molecular weight excluding hydrogens is 222 g/mol. The van der Waals surface area contributed by atoms with Crippen LogP contribution in [0.1, 0.15) is 18.9 Å². The molecule has 1 aromatic carbocycles. The smallest absolute Gasteiger partial charge is 0.344 e. The van der Waals surface area contributed by atoms with Crippen LogP contribution in [0.5, 0.6) is 5.75 Å². The van der Waals surface area contributed by atoms with E-state index in [0.717, 1.165) is 5.56 Å². The minimum absolute atomic E-state index is 0.0269. The number of carboxylic acids is 1. The SMILES string of the molecule is CC(Oc1cccc2c1CCC(=O)N2)C(=O)O. The minimum atomic E-state index is -1.01. The van der Waals surface area contributed by atoms with Gasteiger partial charge in [0.2, 0.25) is 5.91 Å².